The first-order chi connectivity index (χ1) is 16.7. The lowest BCUT2D eigenvalue weighted by molar-refractivity contribution is -0.256. The van der Waals surface area contributed by atoms with Crippen LogP contribution in [0.4, 0.5) is 0 Å². The number of benzene rings is 1. The maximum atomic E-state index is 6.70. The van der Waals surface area contributed by atoms with Crippen LogP contribution in [0.2, 0.25) is 0 Å². The van der Waals surface area contributed by atoms with Crippen molar-refractivity contribution in [1.82, 2.24) is 0 Å². The summed E-state index contributed by atoms with van der Waals surface area (Å²) in [5.74, 6) is -0.160. The van der Waals surface area contributed by atoms with E-state index in [1.165, 1.54) is 12.8 Å². The second-order valence-electron chi connectivity index (χ2n) is 10.4. The molecule has 1 aromatic rings. The molecule has 3 aliphatic heterocycles. The van der Waals surface area contributed by atoms with Gasteiger partial charge in [0.15, 0.2) is 17.9 Å². The number of fused-ring (bicyclic) bond motifs is 3. The number of ether oxygens (including phenoxy) is 7. The van der Waals surface area contributed by atoms with Gasteiger partial charge < -0.3 is 33.2 Å². The molecular formula is C27H38O7. The fourth-order valence-electron chi connectivity index (χ4n) is 6.31. The van der Waals surface area contributed by atoms with Crippen LogP contribution in [0, 0.1) is 0 Å². The van der Waals surface area contributed by atoms with Crippen molar-refractivity contribution in [2.24, 2.45) is 0 Å². The molecule has 7 heteroatoms. The van der Waals surface area contributed by atoms with E-state index in [9.17, 15) is 0 Å². The molecule has 0 radical (unpaired) electrons. The van der Waals surface area contributed by atoms with Gasteiger partial charge in [0.1, 0.15) is 30.2 Å². The Kier molecular flexibility index (Phi) is 6.60. The first-order valence-electron chi connectivity index (χ1n) is 13.3. The van der Waals surface area contributed by atoms with Crippen LogP contribution in [-0.2, 0) is 35.0 Å². The van der Waals surface area contributed by atoms with Crippen molar-refractivity contribution < 1.29 is 33.2 Å². The fourth-order valence-corrected chi connectivity index (χ4v) is 6.31. The first-order valence-corrected chi connectivity index (χ1v) is 13.3. The molecule has 7 nitrogen and oxygen atoms in total. The molecule has 188 valence electrons. The van der Waals surface area contributed by atoms with Crippen molar-refractivity contribution in [1.29, 1.82) is 0 Å². The number of hydrogen-bond acceptors (Lipinski definition) is 7. The quantitative estimate of drug-likeness (QED) is 0.584. The van der Waals surface area contributed by atoms with Crippen molar-refractivity contribution in [3.8, 4) is 5.75 Å². The molecule has 2 aliphatic carbocycles. The van der Waals surface area contributed by atoms with Gasteiger partial charge in [-0.2, -0.15) is 0 Å². The Morgan fingerprint density at radius 2 is 1.38 bits per heavy atom. The van der Waals surface area contributed by atoms with E-state index in [1.54, 1.807) is 0 Å². The van der Waals surface area contributed by atoms with Crippen LogP contribution in [0.5, 0.6) is 5.75 Å². The summed E-state index contributed by atoms with van der Waals surface area (Å²) in [5.41, 5.74) is 1.10. The predicted molar refractivity (Wildman–Crippen MR) is 123 cm³/mol. The first kappa shape index (κ1) is 23.2. The van der Waals surface area contributed by atoms with Gasteiger partial charge in [0.2, 0.25) is 0 Å². The summed E-state index contributed by atoms with van der Waals surface area (Å²) >= 11 is 0. The van der Waals surface area contributed by atoms with Crippen LogP contribution in [0.25, 0.3) is 0 Å². The molecule has 1 aromatic carbocycles. The van der Waals surface area contributed by atoms with E-state index >= 15 is 0 Å². The summed E-state index contributed by atoms with van der Waals surface area (Å²) < 4.78 is 44.5. The monoisotopic (exact) mass is 474 g/mol. The summed E-state index contributed by atoms with van der Waals surface area (Å²) in [6.45, 7) is 3.58. The number of rotatable bonds is 6. The van der Waals surface area contributed by atoms with Crippen molar-refractivity contribution in [3.63, 3.8) is 0 Å². The van der Waals surface area contributed by atoms with Crippen LogP contribution in [0.15, 0.2) is 24.3 Å². The standard InChI is InChI=1S/C27H38O7/c1-2-29-20-11-9-19(10-12-20)17-28-18-21-22-23(32-26(31-22)13-5-3-6-14-26)24-25(30-21)34-27(33-24)15-7-4-8-16-27/h9-12,21-25H,2-8,13-18H2,1H3. The predicted octanol–water partition coefficient (Wildman–Crippen LogP) is 4.85. The van der Waals surface area contributed by atoms with Gasteiger partial charge in [-0.25, -0.2) is 0 Å². The molecule has 5 aliphatic rings. The highest BCUT2D eigenvalue weighted by Gasteiger charge is 2.63. The summed E-state index contributed by atoms with van der Waals surface area (Å²) in [6, 6.07) is 8.04. The van der Waals surface area contributed by atoms with E-state index < -0.39 is 17.9 Å². The van der Waals surface area contributed by atoms with E-state index in [0.29, 0.717) is 19.8 Å². The molecule has 0 bridgehead atoms. The molecule has 6 rings (SSSR count). The third kappa shape index (κ3) is 4.51. The van der Waals surface area contributed by atoms with Crippen LogP contribution >= 0.6 is 0 Å². The molecule has 5 fully saturated rings. The van der Waals surface area contributed by atoms with E-state index in [2.05, 4.69) is 0 Å². The highest BCUT2D eigenvalue weighted by molar-refractivity contribution is 5.26. The summed E-state index contributed by atoms with van der Waals surface area (Å²) in [6.07, 6.45) is 9.40. The molecule has 34 heavy (non-hydrogen) atoms. The highest BCUT2D eigenvalue weighted by Crippen LogP contribution is 2.50. The lowest BCUT2D eigenvalue weighted by Crippen LogP contribution is -2.56. The minimum absolute atomic E-state index is 0.183. The Hall–Kier alpha value is -1.22. The van der Waals surface area contributed by atoms with E-state index in [1.807, 2.05) is 31.2 Å². The third-order valence-electron chi connectivity index (χ3n) is 7.99. The summed E-state index contributed by atoms with van der Waals surface area (Å²) in [4.78, 5) is 0. The van der Waals surface area contributed by atoms with E-state index in [0.717, 1.165) is 62.7 Å². The van der Waals surface area contributed by atoms with Crippen LogP contribution in [-0.4, -0.2) is 55.5 Å². The fraction of sp³-hybridized carbons (Fsp3) is 0.778. The lowest BCUT2D eigenvalue weighted by Gasteiger charge is -2.37. The molecule has 3 saturated heterocycles. The minimum Gasteiger partial charge on any atom is -0.494 e. The SMILES string of the molecule is CCOc1ccc(COCC2OC3OC4(CCCCC4)OC3C3OC4(CCCCC4)OC23)cc1. The zero-order chi connectivity index (χ0) is 23.0. The van der Waals surface area contributed by atoms with Crippen molar-refractivity contribution >= 4 is 0 Å². The molecule has 5 atom stereocenters. The highest BCUT2D eigenvalue weighted by atomic mass is 16.9. The third-order valence-corrected chi connectivity index (χ3v) is 7.99. The molecular weight excluding hydrogens is 436 g/mol. The Morgan fingerprint density at radius 3 is 2.06 bits per heavy atom. The molecule has 0 amide bonds. The Labute approximate surface area is 202 Å². The Bertz CT molecular complexity index is 815. The Balaban J connectivity index is 1.15. The van der Waals surface area contributed by atoms with Gasteiger partial charge >= 0.3 is 0 Å². The van der Waals surface area contributed by atoms with Crippen LogP contribution < -0.4 is 4.74 Å². The Morgan fingerprint density at radius 1 is 0.765 bits per heavy atom. The van der Waals surface area contributed by atoms with Gasteiger partial charge in [0.25, 0.3) is 0 Å². The molecule has 0 N–H and O–H groups in total. The van der Waals surface area contributed by atoms with E-state index in [4.69, 9.17) is 33.2 Å². The van der Waals surface area contributed by atoms with Gasteiger partial charge in [-0.05, 0) is 50.3 Å². The summed E-state index contributed by atoms with van der Waals surface area (Å²) in [5, 5.41) is 0. The van der Waals surface area contributed by atoms with Gasteiger partial charge in [-0.15, -0.1) is 0 Å². The zero-order valence-corrected chi connectivity index (χ0v) is 20.2. The van der Waals surface area contributed by atoms with Crippen molar-refractivity contribution in [2.45, 2.75) is 120 Å². The molecule has 3 heterocycles. The van der Waals surface area contributed by atoms with Gasteiger partial charge in [0.05, 0.1) is 19.8 Å². The molecule has 2 saturated carbocycles. The van der Waals surface area contributed by atoms with Crippen LogP contribution in [0.1, 0.15) is 76.7 Å². The minimum atomic E-state index is -0.526. The maximum Gasteiger partial charge on any atom is 0.190 e. The average molecular weight is 475 g/mol. The largest absolute Gasteiger partial charge is 0.494 e. The molecule has 5 unspecified atom stereocenters. The zero-order valence-electron chi connectivity index (χ0n) is 20.2. The smallest absolute Gasteiger partial charge is 0.190 e. The lowest BCUT2D eigenvalue weighted by atomic mass is 9.94. The normalized spacial score (nSPS) is 35.9. The van der Waals surface area contributed by atoms with Gasteiger partial charge in [-0.1, -0.05) is 25.0 Å². The van der Waals surface area contributed by atoms with Crippen molar-refractivity contribution in [2.75, 3.05) is 13.2 Å². The van der Waals surface area contributed by atoms with E-state index in [-0.39, 0.29) is 24.4 Å². The maximum absolute atomic E-state index is 6.70. The van der Waals surface area contributed by atoms with Gasteiger partial charge in [-0.3, -0.25) is 0 Å². The topological polar surface area (TPSA) is 64.6 Å². The molecule has 0 aromatic heterocycles. The van der Waals surface area contributed by atoms with Gasteiger partial charge in [0, 0.05) is 25.7 Å². The molecule has 2 spiro atoms. The number of hydrogen-bond donors (Lipinski definition) is 0. The van der Waals surface area contributed by atoms with Crippen molar-refractivity contribution in [3.05, 3.63) is 29.8 Å². The second kappa shape index (κ2) is 9.68. The second-order valence-corrected chi connectivity index (χ2v) is 10.4. The average Bonchev–Trinajstić information content (AvgIpc) is 3.39. The summed E-state index contributed by atoms with van der Waals surface area (Å²) in [7, 11) is 0. The van der Waals surface area contributed by atoms with Crippen LogP contribution in [0.3, 0.4) is 0 Å².